The van der Waals surface area contributed by atoms with Crippen LogP contribution in [0.4, 0.5) is 0 Å². The summed E-state index contributed by atoms with van der Waals surface area (Å²) in [6.45, 7) is 6.08. The molecule has 0 aliphatic carbocycles. The predicted octanol–water partition coefficient (Wildman–Crippen LogP) is 0.401. The maximum absolute atomic E-state index is 5.88. The van der Waals surface area contributed by atoms with Crippen molar-refractivity contribution in [1.82, 2.24) is 19.8 Å². The highest BCUT2D eigenvalue weighted by molar-refractivity contribution is 5.02. The van der Waals surface area contributed by atoms with Crippen LogP contribution in [0.5, 0.6) is 0 Å². The van der Waals surface area contributed by atoms with Crippen molar-refractivity contribution in [2.24, 2.45) is 7.05 Å². The lowest BCUT2D eigenvalue weighted by Crippen LogP contribution is -2.48. The number of nitrogens with zero attached hydrogens (tertiary/aromatic N) is 3. The second-order valence-corrected chi connectivity index (χ2v) is 4.47. The Morgan fingerprint density at radius 3 is 3.06 bits per heavy atom. The maximum atomic E-state index is 5.88. The van der Waals surface area contributed by atoms with E-state index in [-0.39, 0.29) is 12.1 Å². The van der Waals surface area contributed by atoms with Crippen molar-refractivity contribution in [2.75, 3.05) is 33.3 Å². The summed E-state index contributed by atoms with van der Waals surface area (Å²) in [7, 11) is 3.99. The van der Waals surface area contributed by atoms with Crippen LogP contribution in [0.3, 0.4) is 0 Å². The Hall–Kier alpha value is -0.910. The van der Waals surface area contributed by atoms with Crippen molar-refractivity contribution in [3.05, 3.63) is 18.2 Å². The molecule has 2 atom stereocenters. The fourth-order valence-corrected chi connectivity index (χ4v) is 2.38. The molecular formula is C12H22N4O. The molecule has 2 unspecified atom stereocenters. The summed E-state index contributed by atoms with van der Waals surface area (Å²) >= 11 is 0. The van der Waals surface area contributed by atoms with E-state index in [1.807, 2.05) is 26.5 Å². The van der Waals surface area contributed by atoms with Crippen LogP contribution >= 0.6 is 0 Å². The van der Waals surface area contributed by atoms with Gasteiger partial charge in [-0.05, 0) is 13.6 Å². The third-order valence-corrected chi connectivity index (χ3v) is 3.44. The highest BCUT2D eigenvalue weighted by Gasteiger charge is 2.29. The summed E-state index contributed by atoms with van der Waals surface area (Å²) in [6.07, 6.45) is 3.98. The SMILES string of the molecule is CCN1CCOC(C(NC)c2nccn2C)C1. The Labute approximate surface area is 103 Å². The van der Waals surface area contributed by atoms with E-state index in [2.05, 4.69) is 26.7 Å². The Morgan fingerprint density at radius 1 is 1.65 bits per heavy atom. The number of hydrogen-bond acceptors (Lipinski definition) is 4. The second-order valence-electron chi connectivity index (χ2n) is 4.47. The normalized spacial score (nSPS) is 23.8. The van der Waals surface area contributed by atoms with Crippen molar-refractivity contribution < 1.29 is 4.74 Å². The van der Waals surface area contributed by atoms with E-state index in [0.29, 0.717) is 0 Å². The van der Waals surface area contributed by atoms with Gasteiger partial charge >= 0.3 is 0 Å². The molecule has 96 valence electrons. The van der Waals surface area contributed by atoms with E-state index in [1.54, 1.807) is 0 Å². The lowest BCUT2D eigenvalue weighted by atomic mass is 10.1. The van der Waals surface area contributed by atoms with Gasteiger partial charge in [-0.3, -0.25) is 4.90 Å². The molecule has 5 heteroatoms. The van der Waals surface area contributed by atoms with Gasteiger partial charge in [-0.25, -0.2) is 4.98 Å². The predicted molar refractivity (Wildman–Crippen MR) is 66.9 cm³/mol. The summed E-state index contributed by atoms with van der Waals surface area (Å²) in [6, 6.07) is 0.157. The zero-order chi connectivity index (χ0) is 12.3. The third kappa shape index (κ3) is 2.68. The highest BCUT2D eigenvalue weighted by atomic mass is 16.5. The molecule has 1 aromatic heterocycles. The highest BCUT2D eigenvalue weighted by Crippen LogP contribution is 2.20. The molecule has 1 aromatic rings. The summed E-state index contributed by atoms with van der Waals surface area (Å²) in [5.74, 6) is 1.04. The van der Waals surface area contributed by atoms with Crippen molar-refractivity contribution in [2.45, 2.75) is 19.1 Å². The number of imidazole rings is 1. The number of aryl methyl sites for hydroxylation is 1. The monoisotopic (exact) mass is 238 g/mol. The number of likely N-dealkylation sites (N-methyl/N-ethyl adjacent to an activating group) is 2. The molecule has 1 N–H and O–H groups in total. The molecular weight excluding hydrogens is 216 g/mol. The number of aromatic nitrogens is 2. The van der Waals surface area contributed by atoms with Crippen LogP contribution in [0, 0.1) is 0 Å². The maximum Gasteiger partial charge on any atom is 0.128 e. The van der Waals surface area contributed by atoms with Crippen LogP contribution in [0.25, 0.3) is 0 Å². The fraction of sp³-hybridized carbons (Fsp3) is 0.750. The number of rotatable bonds is 4. The van der Waals surface area contributed by atoms with Gasteiger partial charge in [0, 0.05) is 32.5 Å². The van der Waals surface area contributed by atoms with Gasteiger partial charge in [0.1, 0.15) is 5.82 Å². The second kappa shape index (κ2) is 5.62. The van der Waals surface area contributed by atoms with E-state index >= 15 is 0 Å². The Kier molecular flexibility index (Phi) is 4.15. The van der Waals surface area contributed by atoms with Crippen LogP contribution < -0.4 is 5.32 Å². The van der Waals surface area contributed by atoms with E-state index in [4.69, 9.17) is 4.74 Å². The molecule has 1 aliphatic heterocycles. The number of ether oxygens (including phenoxy) is 1. The Morgan fingerprint density at radius 2 is 2.47 bits per heavy atom. The summed E-state index contributed by atoms with van der Waals surface area (Å²) in [4.78, 5) is 6.83. The summed E-state index contributed by atoms with van der Waals surface area (Å²) in [5.41, 5.74) is 0. The van der Waals surface area contributed by atoms with Crippen LogP contribution in [-0.2, 0) is 11.8 Å². The average Bonchev–Trinajstić information content (AvgIpc) is 2.77. The molecule has 0 radical (unpaired) electrons. The number of morpholine rings is 1. The minimum atomic E-state index is 0.157. The van der Waals surface area contributed by atoms with Crippen LogP contribution in [-0.4, -0.2) is 53.8 Å². The molecule has 0 amide bonds. The summed E-state index contributed by atoms with van der Waals surface area (Å²) in [5, 5.41) is 3.32. The third-order valence-electron chi connectivity index (χ3n) is 3.44. The quantitative estimate of drug-likeness (QED) is 0.824. The van der Waals surface area contributed by atoms with Crippen LogP contribution in [0.2, 0.25) is 0 Å². The fourth-order valence-electron chi connectivity index (χ4n) is 2.38. The lowest BCUT2D eigenvalue weighted by Gasteiger charge is -2.36. The Bertz CT molecular complexity index is 352. The largest absolute Gasteiger partial charge is 0.373 e. The van der Waals surface area contributed by atoms with Gasteiger partial charge in [0.05, 0.1) is 18.8 Å². The lowest BCUT2D eigenvalue weighted by molar-refractivity contribution is -0.0462. The molecule has 0 bridgehead atoms. The minimum Gasteiger partial charge on any atom is -0.373 e. The topological polar surface area (TPSA) is 42.3 Å². The molecule has 0 spiro atoms. The molecule has 1 saturated heterocycles. The first kappa shape index (κ1) is 12.5. The smallest absolute Gasteiger partial charge is 0.128 e. The molecule has 17 heavy (non-hydrogen) atoms. The van der Waals surface area contributed by atoms with Crippen molar-refractivity contribution in [3.63, 3.8) is 0 Å². The van der Waals surface area contributed by atoms with Crippen molar-refractivity contribution >= 4 is 0 Å². The van der Waals surface area contributed by atoms with E-state index in [1.165, 1.54) is 0 Å². The zero-order valence-corrected chi connectivity index (χ0v) is 10.9. The van der Waals surface area contributed by atoms with Gasteiger partial charge in [0.2, 0.25) is 0 Å². The molecule has 1 aliphatic rings. The summed E-state index contributed by atoms with van der Waals surface area (Å²) < 4.78 is 7.94. The van der Waals surface area contributed by atoms with Crippen molar-refractivity contribution in [3.8, 4) is 0 Å². The molecule has 0 aromatic carbocycles. The first-order chi connectivity index (χ1) is 8.26. The average molecular weight is 238 g/mol. The first-order valence-electron chi connectivity index (χ1n) is 6.24. The number of nitrogens with one attached hydrogen (secondary N) is 1. The van der Waals surface area contributed by atoms with Crippen LogP contribution in [0.15, 0.2) is 12.4 Å². The molecule has 1 fully saturated rings. The van der Waals surface area contributed by atoms with Gasteiger partial charge in [0.15, 0.2) is 0 Å². The van der Waals surface area contributed by atoms with Gasteiger partial charge in [0.25, 0.3) is 0 Å². The zero-order valence-electron chi connectivity index (χ0n) is 10.9. The van der Waals surface area contributed by atoms with E-state index in [0.717, 1.165) is 32.1 Å². The molecule has 2 heterocycles. The first-order valence-corrected chi connectivity index (χ1v) is 6.24. The van der Waals surface area contributed by atoms with E-state index in [9.17, 15) is 0 Å². The van der Waals surface area contributed by atoms with Gasteiger partial charge in [-0.2, -0.15) is 0 Å². The Balaban J connectivity index is 2.10. The standard InChI is InChI=1S/C12H22N4O/c1-4-16-7-8-17-10(9-16)11(13-2)12-14-5-6-15(12)3/h5-6,10-11,13H,4,7-9H2,1-3H3. The molecule has 2 rings (SSSR count). The van der Waals surface area contributed by atoms with E-state index < -0.39 is 0 Å². The van der Waals surface area contributed by atoms with Gasteiger partial charge in [-0.15, -0.1) is 0 Å². The molecule has 5 nitrogen and oxygen atoms in total. The van der Waals surface area contributed by atoms with Crippen LogP contribution in [0.1, 0.15) is 18.8 Å². The number of hydrogen-bond donors (Lipinski definition) is 1. The minimum absolute atomic E-state index is 0.157. The van der Waals surface area contributed by atoms with Gasteiger partial charge < -0.3 is 14.6 Å². The van der Waals surface area contributed by atoms with Gasteiger partial charge in [-0.1, -0.05) is 6.92 Å². The van der Waals surface area contributed by atoms with Crippen molar-refractivity contribution in [1.29, 1.82) is 0 Å². The molecule has 0 saturated carbocycles.